The Morgan fingerprint density at radius 2 is 2.00 bits per heavy atom. The molecule has 0 fully saturated rings. The van der Waals surface area contributed by atoms with E-state index in [1.807, 2.05) is 5.38 Å². The van der Waals surface area contributed by atoms with Gasteiger partial charge in [0.15, 0.2) is 5.78 Å². The predicted molar refractivity (Wildman–Crippen MR) is 62.1 cm³/mol. The number of carbonyl (C=O) groups excluding carboxylic acids is 1. The van der Waals surface area contributed by atoms with Crippen LogP contribution in [0.5, 0.6) is 0 Å². The lowest BCUT2D eigenvalue weighted by molar-refractivity contribution is 0.0917. The zero-order valence-electron chi connectivity index (χ0n) is 9.17. The van der Waals surface area contributed by atoms with E-state index in [0.717, 1.165) is 24.1 Å². The summed E-state index contributed by atoms with van der Waals surface area (Å²) in [6, 6.07) is 2.07. The number of Topliss-reactive ketones (excluding diaryl/α,β-unsaturated/α-hetero) is 1. The van der Waals surface area contributed by atoms with E-state index in [0.29, 0.717) is 5.78 Å². The first-order valence-electron chi connectivity index (χ1n) is 5.35. The van der Waals surface area contributed by atoms with Gasteiger partial charge in [0.2, 0.25) is 0 Å². The van der Waals surface area contributed by atoms with Crippen LogP contribution in [-0.2, 0) is 6.42 Å². The molecule has 0 aromatic carbocycles. The van der Waals surface area contributed by atoms with Gasteiger partial charge in [0.25, 0.3) is 0 Å². The Morgan fingerprint density at radius 3 is 2.50 bits per heavy atom. The summed E-state index contributed by atoms with van der Waals surface area (Å²) in [6.07, 6.45) is 2.87. The highest BCUT2D eigenvalue weighted by atomic mass is 32.1. The van der Waals surface area contributed by atoms with Gasteiger partial charge in [-0.05, 0) is 36.3 Å². The Labute approximate surface area is 90.2 Å². The summed E-state index contributed by atoms with van der Waals surface area (Å²) in [6.45, 7) is 6.28. The molecule has 0 amide bonds. The molecule has 0 radical (unpaired) electrons. The topological polar surface area (TPSA) is 17.1 Å². The summed E-state index contributed by atoms with van der Waals surface area (Å²) in [5.74, 6) is 0.570. The van der Waals surface area contributed by atoms with Crippen LogP contribution in [0.3, 0.4) is 0 Å². The van der Waals surface area contributed by atoms with E-state index in [1.54, 1.807) is 11.3 Å². The molecule has 14 heavy (non-hydrogen) atoms. The van der Waals surface area contributed by atoms with Gasteiger partial charge in [-0.3, -0.25) is 4.79 Å². The smallest absolute Gasteiger partial charge is 0.176 e. The first-order chi connectivity index (χ1) is 6.74. The third-order valence-electron chi connectivity index (χ3n) is 2.71. The third kappa shape index (κ3) is 2.24. The minimum atomic E-state index is 0.221. The van der Waals surface area contributed by atoms with Crippen molar-refractivity contribution >= 4 is 17.1 Å². The number of ketones is 1. The third-order valence-corrected chi connectivity index (χ3v) is 3.68. The zero-order valence-corrected chi connectivity index (χ0v) is 9.99. The summed E-state index contributed by atoms with van der Waals surface area (Å²) in [5.41, 5.74) is 1.21. The van der Waals surface area contributed by atoms with E-state index in [9.17, 15) is 4.79 Å². The maximum atomic E-state index is 12.1. The Balaban J connectivity index is 2.87. The molecule has 0 aliphatic rings. The molecular formula is C12H18OS. The Kier molecular flexibility index (Phi) is 4.33. The van der Waals surface area contributed by atoms with Crippen molar-refractivity contribution < 1.29 is 4.79 Å². The van der Waals surface area contributed by atoms with Gasteiger partial charge in [-0.25, -0.2) is 0 Å². The fourth-order valence-electron chi connectivity index (χ4n) is 1.68. The molecule has 0 spiro atoms. The first-order valence-corrected chi connectivity index (χ1v) is 6.23. The fraction of sp³-hybridized carbons (Fsp3) is 0.583. The van der Waals surface area contributed by atoms with Crippen LogP contribution in [0.1, 0.15) is 48.8 Å². The van der Waals surface area contributed by atoms with Crippen LogP contribution >= 0.6 is 11.3 Å². The van der Waals surface area contributed by atoms with Gasteiger partial charge < -0.3 is 0 Å². The SMILES string of the molecule is CCc1ccsc1C(=O)C(CC)CC. The van der Waals surface area contributed by atoms with E-state index >= 15 is 0 Å². The van der Waals surface area contributed by atoms with Crippen molar-refractivity contribution in [2.45, 2.75) is 40.0 Å². The fourth-order valence-corrected chi connectivity index (χ4v) is 2.69. The highest BCUT2D eigenvalue weighted by Crippen LogP contribution is 2.23. The second-order valence-corrected chi connectivity index (χ2v) is 4.42. The van der Waals surface area contributed by atoms with E-state index in [2.05, 4.69) is 26.8 Å². The quantitative estimate of drug-likeness (QED) is 0.673. The summed E-state index contributed by atoms with van der Waals surface area (Å²) < 4.78 is 0. The molecule has 2 heteroatoms. The Bertz CT molecular complexity index is 297. The zero-order chi connectivity index (χ0) is 10.6. The van der Waals surface area contributed by atoms with E-state index in [-0.39, 0.29) is 5.92 Å². The molecule has 0 N–H and O–H groups in total. The Hall–Kier alpha value is -0.630. The van der Waals surface area contributed by atoms with Gasteiger partial charge in [0.1, 0.15) is 0 Å². The molecule has 1 aromatic heterocycles. The largest absolute Gasteiger partial charge is 0.293 e. The van der Waals surface area contributed by atoms with Crippen molar-refractivity contribution in [1.82, 2.24) is 0 Å². The summed E-state index contributed by atoms with van der Waals surface area (Å²) in [5, 5.41) is 2.02. The summed E-state index contributed by atoms with van der Waals surface area (Å²) in [4.78, 5) is 13.0. The molecule has 0 unspecified atom stereocenters. The Morgan fingerprint density at radius 1 is 1.36 bits per heavy atom. The van der Waals surface area contributed by atoms with Crippen LogP contribution in [-0.4, -0.2) is 5.78 Å². The van der Waals surface area contributed by atoms with Crippen LogP contribution in [0.15, 0.2) is 11.4 Å². The van der Waals surface area contributed by atoms with E-state index < -0.39 is 0 Å². The molecule has 1 nitrogen and oxygen atoms in total. The standard InChI is InChI=1S/C12H18OS/c1-4-9(5-2)11(13)12-10(6-3)7-8-14-12/h7-9H,4-6H2,1-3H3. The van der Waals surface area contributed by atoms with E-state index in [1.165, 1.54) is 5.56 Å². The van der Waals surface area contributed by atoms with Crippen LogP contribution in [0.4, 0.5) is 0 Å². The van der Waals surface area contributed by atoms with Crippen LogP contribution in [0.25, 0.3) is 0 Å². The average Bonchev–Trinajstić information content (AvgIpc) is 2.67. The van der Waals surface area contributed by atoms with Crippen LogP contribution in [0.2, 0.25) is 0 Å². The van der Waals surface area contributed by atoms with Crippen molar-refractivity contribution in [3.05, 3.63) is 21.9 Å². The average molecular weight is 210 g/mol. The second kappa shape index (κ2) is 5.30. The summed E-state index contributed by atoms with van der Waals surface area (Å²) >= 11 is 1.59. The number of thiophene rings is 1. The lowest BCUT2D eigenvalue weighted by Gasteiger charge is -2.10. The van der Waals surface area contributed by atoms with Gasteiger partial charge in [0, 0.05) is 5.92 Å². The number of carbonyl (C=O) groups is 1. The van der Waals surface area contributed by atoms with Gasteiger partial charge >= 0.3 is 0 Å². The molecule has 1 heterocycles. The van der Waals surface area contributed by atoms with Crippen molar-refractivity contribution in [2.24, 2.45) is 5.92 Å². The van der Waals surface area contributed by atoms with Crippen molar-refractivity contribution in [1.29, 1.82) is 0 Å². The molecule has 0 aliphatic heterocycles. The molecule has 0 saturated carbocycles. The summed E-state index contributed by atoms with van der Waals surface area (Å²) in [7, 11) is 0. The number of rotatable bonds is 5. The predicted octanol–water partition coefficient (Wildman–Crippen LogP) is 3.93. The first kappa shape index (κ1) is 11.4. The number of aryl methyl sites for hydroxylation is 1. The molecule has 0 bridgehead atoms. The van der Waals surface area contributed by atoms with Crippen molar-refractivity contribution in [3.63, 3.8) is 0 Å². The minimum absolute atomic E-state index is 0.221. The molecule has 78 valence electrons. The number of hydrogen-bond donors (Lipinski definition) is 0. The van der Waals surface area contributed by atoms with Crippen LogP contribution in [0, 0.1) is 5.92 Å². The normalized spacial score (nSPS) is 10.9. The lowest BCUT2D eigenvalue weighted by Crippen LogP contribution is -2.12. The van der Waals surface area contributed by atoms with Crippen molar-refractivity contribution in [2.75, 3.05) is 0 Å². The van der Waals surface area contributed by atoms with Gasteiger partial charge in [-0.1, -0.05) is 20.8 Å². The molecule has 1 rings (SSSR count). The molecule has 0 atom stereocenters. The highest BCUT2D eigenvalue weighted by Gasteiger charge is 2.19. The molecule has 0 saturated heterocycles. The maximum Gasteiger partial charge on any atom is 0.176 e. The lowest BCUT2D eigenvalue weighted by atomic mass is 9.95. The molecule has 1 aromatic rings. The number of hydrogen-bond acceptors (Lipinski definition) is 2. The van der Waals surface area contributed by atoms with Gasteiger partial charge in [-0.2, -0.15) is 0 Å². The van der Waals surface area contributed by atoms with Crippen LogP contribution < -0.4 is 0 Å². The second-order valence-electron chi connectivity index (χ2n) is 3.51. The minimum Gasteiger partial charge on any atom is -0.293 e. The van der Waals surface area contributed by atoms with Crippen molar-refractivity contribution in [3.8, 4) is 0 Å². The van der Waals surface area contributed by atoms with E-state index in [4.69, 9.17) is 0 Å². The van der Waals surface area contributed by atoms with Gasteiger partial charge in [0.05, 0.1) is 4.88 Å². The maximum absolute atomic E-state index is 12.1. The molecule has 0 aliphatic carbocycles. The van der Waals surface area contributed by atoms with Gasteiger partial charge in [-0.15, -0.1) is 11.3 Å². The highest BCUT2D eigenvalue weighted by molar-refractivity contribution is 7.12. The monoisotopic (exact) mass is 210 g/mol. The molecular weight excluding hydrogens is 192 g/mol.